The first kappa shape index (κ1) is 17.6. The lowest BCUT2D eigenvalue weighted by atomic mass is 10.2. The third-order valence-corrected chi connectivity index (χ3v) is 5.61. The van der Waals surface area contributed by atoms with Gasteiger partial charge in [-0.05, 0) is 24.3 Å². The molecule has 0 unspecified atom stereocenters. The first-order chi connectivity index (χ1) is 13.1. The van der Waals surface area contributed by atoms with Crippen molar-refractivity contribution < 1.29 is 13.5 Å². The molecule has 4 aromatic rings. The summed E-state index contributed by atoms with van der Waals surface area (Å²) in [7, 11) is 0. The lowest BCUT2D eigenvalue weighted by molar-refractivity contribution is -0.0499. The van der Waals surface area contributed by atoms with Gasteiger partial charge in [-0.3, -0.25) is 4.79 Å². The molecule has 4 nitrogen and oxygen atoms in total. The van der Waals surface area contributed by atoms with Crippen molar-refractivity contribution in [2.45, 2.75) is 6.61 Å². The SMILES string of the molecule is O=c1[nH]/c(=C\c2nc3ccccc3s2)s/c1=C\c1ccccc1OC(F)F. The Hall–Kier alpha value is -2.84. The third-order valence-electron chi connectivity index (χ3n) is 3.67. The zero-order valence-corrected chi connectivity index (χ0v) is 15.3. The molecule has 0 saturated carbocycles. The molecule has 1 N–H and O–H groups in total. The van der Waals surface area contributed by atoms with E-state index in [0.29, 0.717) is 14.8 Å². The number of halogens is 2. The number of ether oxygens (including phenoxy) is 1. The van der Waals surface area contributed by atoms with E-state index in [2.05, 4.69) is 14.7 Å². The van der Waals surface area contributed by atoms with Gasteiger partial charge >= 0.3 is 6.61 Å². The number of nitrogens with one attached hydrogen (secondary N) is 1. The van der Waals surface area contributed by atoms with Crippen LogP contribution in [0.15, 0.2) is 53.3 Å². The maximum atomic E-state index is 12.5. The number of fused-ring (bicyclic) bond motifs is 1. The van der Waals surface area contributed by atoms with Crippen LogP contribution in [0.5, 0.6) is 5.75 Å². The summed E-state index contributed by atoms with van der Waals surface area (Å²) in [6.07, 6.45) is 3.34. The minimum absolute atomic E-state index is 0.0250. The molecule has 2 aromatic carbocycles. The molecule has 0 aliphatic carbocycles. The maximum Gasteiger partial charge on any atom is 0.387 e. The van der Waals surface area contributed by atoms with Crippen LogP contribution in [0.3, 0.4) is 0 Å². The highest BCUT2D eigenvalue weighted by molar-refractivity contribution is 7.19. The summed E-state index contributed by atoms with van der Waals surface area (Å²) in [6.45, 7) is -2.93. The van der Waals surface area contributed by atoms with E-state index in [1.807, 2.05) is 24.3 Å². The number of hydrogen-bond acceptors (Lipinski definition) is 5. The minimum Gasteiger partial charge on any atom is -0.434 e. The summed E-state index contributed by atoms with van der Waals surface area (Å²) in [5.41, 5.74) is 1.02. The van der Waals surface area contributed by atoms with Crippen LogP contribution in [0.4, 0.5) is 8.78 Å². The molecule has 0 atom stereocenters. The summed E-state index contributed by atoms with van der Waals surface area (Å²) in [6, 6.07) is 14.1. The van der Waals surface area contributed by atoms with E-state index in [1.54, 1.807) is 24.3 Å². The van der Waals surface area contributed by atoms with Crippen molar-refractivity contribution in [1.82, 2.24) is 9.97 Å². The third kappa shape index (κ3) is 3.96. The van der Waals surface area contributed by atoms with E-state index in [4.69, 9.17) is 0 Å². The van der Waals surface area contributed by atoms with Gasteiger partial charge in [-0.1, -0.05) is 30.3 Å². The number of benzene rings is 2. The van der Waals surface area contributed by atoms with Gasteiger partial charge in [-0.2, -0.15) is 8.78 Å². The molecule has 0 aliphatic rings. The quantitative estimate of drug-likeness (QED) is 0.570. The lowest BCUT2D eigenvalue weighted by Crippen LogP contribution is -2.20. The zero-order valence-electron chi connectivity index (χ0n) is 13.7. The predicted molar refractivity (Wildman–Crippen MR) is 104 cm³/mol. The number of thiazole rings is 2. The topological polar surface area (TPSA) is 55.0 Å². The van der Waals surface area contributed by atoms with E-state index in [1.165, 1.54) is 34.8 Å². The maximum absolute atomic E-state index is 12.5. The van der Waals surface area contributed by atoms with Crippen molar-refractivity contribution in [3.63, 3.8) is 0 Å². The Balaban J connectivity index is 1.76. The smallest absolute Gasteiger partial charge is 0.387 e. The largest absolute Gasteiger partial charge is 0.434 e. The van der Waals surface area contributed by atoms with E-state index in [-0.39, 0.29) is 11.3 Å². The Bertz CT molecular complexity index is 1240. The molecule has 0 saturated heterocycles. The van der Waals surface area contributed by atoms with Crippen LogP contribution < -0.4 is 19.5 Å². The molecule has 4 rings (SSSR count). The highest BCUT2D eigenvalue weighted by atomic mass is 32.1. The van der Waals surface area contributed by atoms with E-state index in [9.17, 15) is 13.6 Å². The molecule has 0 radical (unpaired) electrons. The van der Waals surface area contributed by atoms with Crippen LogP contribution in [0.1, 0.15) is 10.6 Å². The number of rotatable bonds is 4. The molecule has 0 aliphatic heterocycles. The predicted octanol–water partition coefficient (Wildman–Crippen LogP) is 3.31. The number of aromatic nitrogens is 2. The van der Waals surface area contributed by atoms with Gasteiger partial charge in [-0.15, -0.1) is 22.7 Å². The summed E-state index contributed by atoms with van der Waals surface area (Å²) in [5, 5.41) is 0.779. The Morgan fingerprint density at radius 3 is 2.63 bits per heavy atom. The van der Waals surface area contributed by atoms with Crippen molar-refractivity contribution in [2.24, 2.45) is 0 Å². The van der Waals surface area contributed by atoms with Gasteiger partial charge in [0.25, 0.3) is 5.56 Å². The average molecular weight is 402 g/mol. The van der Waals surface area contributed by atoms with Gasteiger partial charge < -0.3 is 9.72 Å². The normalized spacial score (nSPS) is 13.0. The molecular weight excluding hydrogens is 390 g/mol. The van der Waals surface area contributed by atoms with Gasteiger partial charge in [-0.25, -0.2) is 4.98 Å². The van der Waals surface area contributed by atoms with E-state index < -0.39 is 6.61 Å². The van der Waals surface area contributed by atoms with Crippen LogP contribution in [-0.2, 0) is 0 Å². The molecule has 27 heavy (non-hydrogen) atoms. The highest BCUT2D eigenvalue weighted by Gasteiger charge is 2.08. The first-order valence-corrected chi connectivity index (χ1v) is 9.54. The van der Waals surface area contributed by atoms with Crippen LogP contribution >= 0.6 is 22.7 Å². The van der Waals surface area contributed by atoms with Crippen LogP contribution in [-0.4, -0.2) is 16.6 Å². The van der Waals surface area contributed by atoms with Crippen molar-refractivity contribution in [2.75, 3.05) is 0 Å². The number of hydrogen-bond donors (Lipinski definition) is 1. The van der Waals surface area contributed by atoms with Gasteiger partial charge in [0.1, 0.15) is 10.8 Å². The monoisotopic (exact) mass is 402 g/mol. The van der Waals surface area contributed by atoms with Crippen LogP contribution in [0.25, 0.3) is 22.4 Å². The molecule has 2 aromatic heterocycles. The Morgan fingerprint density at radius 2 is 1.81 bits per heavy atom. The minimum atomic E-state index is -2.93. The number of nitrogens with zero attached hydrogens (tertiary/aromatic N) is 1. The van der Waals surface area contributed by atoms with Crippen molar-refractivity contribution in [1.29, 1.82) is 0 Å². The molecule has 0 spiro atoms. The number of para-hydroxylation sites is 2. The van der Waals surface area contributed by atoms with Crippen molar-refractivity contribution in [3.05, 3.63) is 78.7 Å². The van der Waals surface area contributed by atoms with Crippen LogP contribution in [0, 0.1) is 0 Å². The fourth-order valence-electron chi connectivity index (χ4n) is 2.53. The van der Waals surface area contributed by atoms with Gasteiger partial charge in [0.2, 0.25) is 0 Å². The molecular formula is C19H12F2N2O2S2. The van der Waals surface area contributed by atoms with E-state index >= 15 is 0 Å². The zero-order chi connectivity index (χ0) is 18.8. The number of H-pyrrole nitrogens is 1. The fraction of sp³-hybridized carbons (Fsp3) is 0.0526. The molecule has 2 heterocycles. The van der Waals surface area contributed by atoms with Crippen LogP contribution in [0.2, 0.25) is 0 Å². The summed E-state index contributed by atoms with van der Waals surface area (Å²) in [5.74, 6) is 0.0250. The number of aromatic amines is 1. The molecule has 136 valence electrons. The van der Waals surface area contributed by atoms with Gasteiger partial charge in [0.05, 0.1) is 19.4 Å². The van der Waals surface area contributed by atoms with Crippen molar-refractivity contribution >= 4 is 45.0 Å². The average Bonchev–Trinajstić information content (AvgIpc) is 3.19. The Labute approximate surface area is 159 Å². The Kier molecular flexibility index (Phi) is 4.83. The van der Waals surface area contributed by atoms with Crippen molar-refractivity contribution in [3.8, 4) is 5.75 Å². The molecule has 0 bridgehead atoms. The highest BCUT2D eigenvalue weighted by Crippen LogP contribution is 2.22. The first-order valence-electron chi connectivity index (χ1n) is 7.90. The van der Waals surface area contributed by atoms with E-state index in [0.717, 1.165) is 15.2 Å². The molecule has 8 heteroatoms. The second-order valence-electron chi connectivity index (χ2n) is 5.51. The molecule has 0 fully saturated rings. The fourth-order valence-corrected chi connectivity index (χ4v) is 4.40. The summed E-state index contributed by atoms with van der Waals surface area (Å²) < 4.78 is 31.7. The second kappa shape index (κ2) is 7.42. The molecule has 0 amide bonds. The summed E-state index contributed by atoms with van der Waals surface area (Å²) in [4.78, 5) is 19.5. The lowest BCUT2D eigenvalue weighted by Gasteiger charge is -2.06. The Morgan fingerprint density at radius 1 is 1.04 bits per heavy atom. The number of alkyl halides is 2. The second-order valence-corrected chi connectivity index (χ2v) is 7.66. The summed E-state index contributed by atoms with van der Waals surface area (Å²) >= 11 is 2.76. The standard InChI is InChI=1S/C19H12F2N2O2S2/c20-19(21)25-13-7-3-1-5-11(13)9-15-18(24)23-17(27-15)10-16-22-12-6-2-4-8-14(12)26-16/h1-10,19H,(H,23,24)/b15-9-,17-10+. The van der Waals surface area contributed by atoms with Gasteiger partial charge in [0.15, 0.2) is 0 Å². The van der Waals surface area contributed by atoms with Gasteiger partial charge in [0, 0.05) is 11.6 Å².